The van der Waals surface area contributed by atoms with Gasteiger partial charge in [-0.25, -0.2) is 4.98 Å². The lowest BCUT2D eigenvalue weighted by Crippen LogP contribution is -2.03. The van der Waals surface area contributed by atoms with Crippen LogP contribution in [0.5, 0.6) is 0 Å². The molecule has 4 rings (SSSR count). The number of halogens is 3. The summed E-state index contributed by atoms with van der Waals surface area (Å²) in [7, 11) is 0. The SMILES string of the molecule is CC(C)c1nc(-c2ccc(C(F)(F)F)cc2)sc1CCc1noc2cc(N)ccc12. The summed E-state index contributed by atoms with van der Waals surface area (Å²) >= 11 is 1.51. The monoisotopic (exact) mass is 431 g/mol. The number of aryl methyl sites for hydroxylation is 2. The average Bonchev–Trinajstić information content (AvgIpc) is 3.29. The fourth-order valence-corrected chi connectivity index (χ4v) is 4.56. The second kappa shape index (κ2) is 7.75. The zero-order valence-corrected chi connectivity index (χ0v) is 17.3. The van der Waals surface area contributed by atoms with Gasteiger partial charge in [0, 0.05) is 27.6 Å². The van der Waals surface area contributed by atoms with Crippen LogP contribution in [0.15, 0.2) is 47.0 Å². The van der Waals surface area contributed by atoms with Crippen LogP contribution < -0.4 is 5.73 Å². The van der Waals surface area contributed by atoms with Crippen molar-refractivity contribution in [3.05, 3.63) is 64.3 Å². The van der Waals surface area contributed by atoms with Crippen molar-refractivity contribution in [3.63, 3.8) is 0 Å². The van der Waals surface area contributed by atoms with Crippen LogP contribution in [-0.2, 0) is 19.0 Å². The number of hydrogen-bond acceptors (Lipinski definition) is 5. The molecular weight excluding hydrogens is 411 g/mol. The van der Waals surface area contributed by atoms with Gasteiger partial charge in [0.05, 0.1) is 17.0 Å². The van der Waals surface area contributed by atoms with E-state index < -0.39 is 11.7 Å². The number of thiazole rings is 1. The molecule has 0 fully saturated rings. The van der Waals surface area contributed by atoms with Crippen LogP contribution in [0.1, 0.15) is 41.6 Å². The molecule has 0 amide bonds. The number of hydrogen-bond donors (Lipinski definition) is 1. The Morgan fingerprint density at radius 3 is 2.47 bits per heavy atom. The van der Waals surface area contributed by atoms with E-state index in [1.165, 1.54) is 23.5 Å². The average molecular weight is 431 g/mol. The molecule has 0 saturated heterocycles. The first-order chi connectivity index (χ1) is 14.2. The number of nitrogens with two attached hydrogens (primary N) is 1. The summed E-state index contributed by atoms with van der Waals surface area (Å²) in [6, 6.07) is 10.6. The number of alkyl halides is 3. The van der Waals surface area contributed by atoms with E-state index in [-0.39, 0.29) is 5.92 Å². The Hall–Kier alpha value is -2.87. The first-order valence-electron chi connectivity index (χ1n) is 9.53. The molecule has 156 valence electrons. The largest absolute Gasteiger partial charge is 0.416 e. The minimum atomic E-state index is -4.35. The minimum Gasteiger partial charge on any atom is -0.399 e. The molecule has 8 heteroatoms. The maximum Gasteiger partial charge on any atom is 0.416 e. The molecule has 2 N–H and O–H groups in total. The third-order valence-corrected chi connectivity index (χ3v) is 6.07. The highest BCUT2D eigenvalue weighted by atomic mass is 32.1. The van der Waals surface area contributed by atoms with Crippen molar-refractivity contribution in [1.82, 2.24) is 10.1 Å². The maximum absolute atomic E-state index is 12.8. The number of fused-ring (bicyclic) bond motifs is 1. The molecule has 0 atom stereocenters. The molecule has 4 aromatic rings. The van der Waals surface area contributed by atoms with E-state index in [0.717, 1.165) is 45.2 Å². The van der Waals surface area contributed by atoms with Crippen LogP contribution in [0.3, 0.4) is 0 Å². The highest BCUT2D eigenvalue weighted by Gasteiger charge is 2.30. The lowest BCUT2D eigenvalue weighted by atomic mass is 10.1. The van der Waals surface area contributed by atoms with Crippen molar-refractivity contribution in [1.29, 1.82) is 0 Å². The van der Waals surface area contributed by atoms with Crippen LogP contribution in [0.25, 0.3) is 21.5 Å². The van der Waals surface area contributed by atoms with Gasteiger partial charge < -0.3 is 10.3 Å². The van der Waals surface area contributed by atoms with E-state index in [0.29, 0.717) is 23.3 Å². The molecule has 0 unspecified atom stereocenters. The topological polar surface area (TPSA) is 64.9 Å². The molecule has 30 heavy (non-hydrogen) atoms. The second-order valence-electron chi connectivity index (χ2n) is 7.44. The first-order valence-corrected chi connectivity index (χ1v) is 10.3. The fourth-order valence-electron chi connectivity index (χ4n) is 3.34. The van der Waals surface area contributed by atoms with Crippen molar-refractivity contribution >= 4 is 28.0 Å². The predicted octanol–water partition coefficient (Wildman–Crippen LogP) is 6.46. The van der Waals surface area contributed by atoms with Crippen molar-refractivity contribution in [2.75, 3.05) is 5.73 Å². The smallest absolute Gasteiger partial charge is 0.399 e. The Labute approximate surface area is 175 Å². The summed E-state index contributed by atoms with van der Waals surface area (Å²) in [5, 5.41) is 5.83. The fraction of sp³-hybridized carbons (Fsp3) is 0.273. The van der Waals surface area contributed by atoms with Gasteiger partial charge in [0.1, 0.15) is 5.01 Å². The van der Waals surface area contributed by atoms with Crippen LogP contribution in [0, 0.1) is 0 Å². The van der Waals surface area contributed by atoms with Crippen LogP contribution >= 0.6 is 11.3 Å². The molecular formula is C22H20F3N3OS. The Balaban J connectivity index is 1.59. The molecule has 0 aliphatic rings. The van der Waals surface area contributed by atoms with E-state index in [4.69, 9.17) is 15.2 Å². The Bertz CT molecular complexity index is 1180. The lowest BCUT2D eigenvalue weighted by molar-refractivity contribution is -0.137. The Kier molecular flexibility index (Phi) is 5.27. The third kappa shape index (κ3) is 4.05. The highest BCUT2D eigenvalue weighted by Crippen LogP contribution is 2.35. The van der Waals surface area contributed by atoms with Gasteiger partial charge in [-0.2, -0.15) is 13.2 Å². The third-order valence-electron chi connectivity index (χ3n) is 4.89. The maximum atomic E-state index is 12.8. The molecule has 2 aromatic carbocycles. The van der Waals surface area contributed by atoms with Gasteiger partial charge in [-0.15, -0.1) is 11.3 Å². The number of rotatable bonds is 5. The van der Waals surface area contributed by atoms with Gasteiger partial charge >= 0.3 is 6.18 Å². The normalized spacial score (nSPS) is 12.2. The highest BCUT2D eigenvalue weighted by molar-refractivity contribution is 7.15. The number of nitrogen functional groups attached to an aromatic ring is 1. The van der Waals surface area contributed by atoms with Gasteiger partial charge in [0.25, 0.3) is 0 Å². The van der Waals surface area contributed by atoms with E-state index in [9.17, 15) is 13.2 Å². The quantitative estimate of drug-likeness (QED) is 0.368. The lowest BCUT2D eigenvalue weighted by Gasteiger charge is -2.06. The van der Waals surface area contributed by atoms with Crippen molar-refractivity contribution in [2.45, 2.75) is 38.8 Å². The van der Waals surface area contributed by atoms with Crippen LogP contribution in [0.4, 0.5) is 18.9 Å². The molecule has 2 heterocycles. The molecule has 2 aromatic heterocycles. The van der Waals surface area contributed by atoms with Crippen molar-refractivity contribution in [3.8, 4) is 10.6 Å². The summed E-state index contributed by atoms with van der Waals surface area (Å²) in [5.74, 6) is 0.202. The summed E-state index contributed by atoms with van der Waals surface area (Å²) in [5.41, 5.74) is 8.90. The number of anilines is 1. The van der Waals surface area contributed by atoms with Gasteiger partial charge in [0.15, 0.2) is 5.58 Å². The summed E-state index contributed by atoms with van der Waals surface area (Å²) < 4.78 is 43.9. The van der Waals surface area contributed by atoms with Crippen molar-refractivity contribution < 1.29 is 17.7 Å². The van der Waals surface area contributed by atoms with E-state index in [2.05, 4.69) is 19.0 Å². The molecule has 0 radical (unpaired) electrons. The number of aromatic nitrogens is 2. The van der Waals surface area contributed by atoms with Crippen molar-refractivity contribution in [2.24, 2.45) is 0 Å². The second-order valence-corrected chi connectivity index (χ2v) is 8.53. The van der Waals surface area contributed by atoms with E-state index in [1.807, 2.05) is 12.1 Å². The first kappa shape index (κ1) is 20.4. The number of nitrogens with zero attached hydrogens (tertiary/aromatic N) is 2. The molecule has 0 spiro atoms. The zero-order chi connectivity index (χ0) is 21.5. The van der Waals surface area contributed by atoms with Gasteiger partial charge in [-0.3, -0.25) is 0 Å². The molecule has 0 aliphatic carbocycles. The van der Waals surface area contributed by atoms with Crippen LogP contribution in [-0.4, -0.2) is 10.1 Å². The molecule has 0 saturated carbocycles. The Morgan fingerprint density at radius 2 is 1.80 bits per heavy atom. The standard InChI is InChI=1S/C22H20F3N3OS/c1-12(2)20-19(10-9-17-16-8-7-15(26)11-18(16)29-28-17)30-21(27-20)13-3-5-14(6-4-13)22(23,24)25/h3-8,11-12H,9-10,26H2,1-2H3. The minimum absolute atomic E-state index is 0.202. The summed E-state index contributed by atoms with van der Waals surface area (Å²) in [6.07, 6.45) is -2.95. The van der Waals surface area contributed by atoms with Gasteiger partial charge in [-0.1, -0.05) is 31.1 Å². The van der Waals surface area contributed by atoms with E-state index >= 15 is 0 Å². The summed E-state index contributed by atoms with van der Waals surface area (Å²) in [4.78, 5) is 5.83. The van der Waals surface area contributed by atoms with Crippen LogP contribution in [0.2, 0.25) is 0 Å². The van der Waals surface area contributed by atoms with Gasteiger partial charge in [-0.05, 0) is 43.0 Å². The molecule has 4 nitrogen and oxygen atoms in total. The van der Waals surface area contributed by atoms with Gasteiger partial charge in [0.2, 0.25) is 0 Å². The van der Waals surface area contributed by atoms with E-state index in [1.54, 1.807) is 6.07 Å². The summed E-state index contributed by atoms with van der Waals surface area (Å²) in [6.45, 7) is 4.12. The molecule has 0 bridgehead atoms. The zero-order valence-electron chi connectivity index (χ0n) is 16.5. The number of benzene rings is 2. The predicted molar refractivity (Wildman–Crippen MR) is 112 cm³/mol. The Morgan fingerprint density at radius 1 is 1.07 bits per heavy atom. The molecule has 0 aliphatic heterocycles.